The zero-order valence-corrected chi connectivity index (χ0v) is 18.4. The lowest BCUT2D eigenvalue weighted by atomic mass is 10.0. The van der Waals surface area contributed by atoms with Crippen molar-refractivity contribution >= 4 is 27.5 Å². The third kappa shape index (κ3) is 3.58. The Labute approximate surface area is 184 Å². The molecule has 0 N–H and O–H groups in total. The second kappa shape index (κ2) is 7.80. The number of likely N-dealkylation sites (N-methyl/N-ethyl adjacent to an activating group) is 1. The maximum Gasteiger partial charge on any atom is 0.275 e. The van der Waals surface area contributed by atoms with E-state index >= 15 is 0 Å². The van der Waals surface area contributed by atoms with Gasteiger partial charge in [0.2, 0.25) is 0 Å². The van der Waals surface area contributed by atoms with Crippen molar-refractivity contribution in [2.75, 3.05) is 31.6 Å². The fourth-order valence-electron chi connectivity index (χ4n) is 4.26. The molecule has 154 valence electrons. The number of hydrogen-bond donors (Lipinski definition) is 0. The molecule has 3 heterocycles. The Morgan fingerprint density at radius 3 is 2.87 bits per heavy atom. The lowest BCUT2D eigenvalue weighted by Gasteiger charge is -2.34. The van der Waals surface area contributed by atoms with Crippen LogP contribution in [0.15, 0.2) is 59.2 Å². The van der Waals surface area contributed by atoms with E-state index in [1.807, 2.05) is 59.2 Å². The summed E-state index contributed by atoms with van der Waals surface area (Å²) in [5.74, 6) is 0.837. The monoisotopic (exact) mass is 466 g/mol. The van der Waals surface area contributed by atoms with Crippen molar-refractivity contribution in [1.29, 1.82) is 0 Å². The molecule has 6 nitrogen and oxygen atoms in total. The zero-order chi connectivity index (χ0) is 20.7. The van der Waals surface area contributed by atoms with Crippen molar-refractivity contribution in [2.24, 2.45) is 0 Å². The number of nitrogens with zero attached hydrogens (tertiary/aromatic N) is 4. The van der Waals surface area contributed by atoms with Crippen LogP contribution in [-0.4, -0.2) is 53.4 Å². The number of benzene rings is 2. The molecule has 0 fully saturated rings. The number of aromatic nitrogens is 2. The third-order valence-corrected chi connectivity index (χ3v) is 6.29. The molecule has 0 unspecified atom stereocenters. The van der Waals surface area contributed by atoms with Gasteiger partial charge in [-0.3, -0.25) is 9.48 Å². The molecular formula is C23H23BrN4O2. The fraction of sp³-hybridized carbons (Fsp3) is 0.304. The van der Waals surface area contributed by atoms with Gasteiger partial charge in [0, 0.05) is 36.4 Å². The highest BCUT2D eigenvalue weighted by molar-refractivity contribution is 9.10. The summed E-state index contributed by atoms with van der Waals surface area (Å²) in [7, 11) is 2.04. The number of anilines is 1. The van der Waals surface area contributed by atoms with Gasteiger partial charge < -0.3 is 14.5 Å². The summed E-state index contributed by atoms with van der Waals surface area (Å²) < 4.78 is 8.96. The Balaban J connectivity index is 1.35. The van der Waals surface area contributed by atoms with Crippen LogP contribution in [0, 0.1) is 0 Å². The first-order valence-corrected chi connectivity index (χ1v) is 10.9. The highest BCUT2D eigenvalue weighted by atomic mass is 79.9. The number of fused-ring (bicyclic) bond motifs is 2. The van der Waals surface area contributed by atoms with Gasteiger partial charge in [-0.05, 0) is 30.2 Å². The molecule has 1 amide bonds. The van der Waals surface area contributed by atoms with Crippen LogP contribution in [0.1, 0.15) is 21.6 Å². The predicted molar refractivity (Wildman–Crippen MR) is 119 cm³/mol. The van der Waals surface area contributed by atoms with Crippen molar-refractivity contribution in [3.05, 3.63) is 76.0 Å². The Morgan fingerprint density at radius 2 is 2.03 bits per heavy atom. The number of carbonyl (C=O) groups is 1. The average Bonchev–Trinajstić information content (AvgIpc) is 3.08. The maximum atomic E-state index is 13.3. The van der Waals surface area contributed by atoms with Gasteiger partial charge in [-0.15, -0.1) is 0 Å². The van der Waals surface area contributed by atoms with Gasteiger partial charge in [-0.1, -0.05) is 46.3 Å². The molecule has 30 heavy (non-hydrogen) atoms. The molecule has 2 aliphatic rings. The van der Waals surface area contributed by atoms with Gasteiger partial charge in [0.1, 0.15) is 12.4 Å². The highest BCUT2D eigenvalue weighted by Gasteiger charge is 2.35. The van der Waals surface area contributed by atoms with Crippen LogP contribution < -0.4 is 9.64 Å². The van der Waals surface area contributed by atoms with Crippen molar-refractivity contribution < 1.29 is 9.53 Å². The molecule has 0 saturated heterocycles. The van der Waals surface area contributed by atoms with E-state index in [1.54, 1.807) is 0 Å². The van der Waals surface area contributed by atoms with E-state index in [1.165, 1.54) is 5.56 Å². The van der Waals surface area contributed by atoms with Gasteiger partial charge in [0.15, 0.2) is 5.69 Å². The van der Waals surface area contributed by atoms with Crippen LogP contribution in [0.2, 0.25) is 0 Å². The summed E-state index contributed by atoms with van der Waals surface area (Å²) in [6, 6.07) is 16.2. The molecule has 7 heteroatoms. The van der Waals surface area contributed by atoms with E-state index in [0.717, 1.165) is 34.4 Å². The van der Waals surface area contributed by atoms with Crippen LogP contribution in [-0.2, 0) is 13.0 Å². The minimum atomic E-state index is -0.0268. The molecule has 3 aromatic rings. The first-order chi connectivity index (χ1) is 14.6. The van der Waals surface area contributed by atoms with Crippen molar-refractivity contribution in [3.63, 3.8) is 0 Å². The zero-order valence-electron chi connectivity index (χ0n) is 16.8. The molecule has 0 saturated carbocycles. The molecule has 1 aromatic heterocycles. The van der Waals surface area contributed by atoms with E-state index in [0.29, 0.717) is 25.4 Å². The number of carbonyl (C=O) groups excluding carboxylic acids is 1. The number of amides is 1. The average molecular weight is 467 g/mol. The van der Waals surface area contributed by atoms with E-state index in [4.69, 9.17) is 4.74 Å². The molecule has 2 aliphatic heterocycles. The Morgan fingerprint density at radius 1 is 1.20 bits per heavy atom. The Hall–Kier alpha value is -2.80. The number of hydrogen-bond acceptors (Lipinski definition) is 4. The van der Waals surface area contributed by atoms with Crippen LogP contribution >= 0.6 is 15.9 Å². The molecule has 0 bridgehead atoms. The van der Waals surface area contributed by atoms with E-state index < -0.39 is 0 Å². The lowest BCUT2D eigenvalue weighted by Crippen LogP contribution is -2.51. The van der Waals surface area contributed by atoms with Gasteiger partial charge >= 0.3 is 0 Å². The minimum absolute atomic E-state index is 0.00259. The first-order valence-electron chi connectivity index (χ1n) is 10.1. The fourth-order valence-corrected chi connectivity index (χ4v) is 4.60. The molecule has 5 rings (SSSR count). The molecular weight excluding hydrogens is 444 g/mol. The van der Waals surface area contributed by atoms with Gasteiger partial charge in [0.25, 0.3) is 5.91 Å². The normalized spacial score (nSPS) is 18.5. The minimum Gasteiger partial charge on any atom is -0.489 e. The van der Waals surface area contributed by atoms with Crippen LogP contribution in [0.25, 0.3) is 0 Å². The first kappa shape index (κ1) is 19.2. The number of ether oxygens (including phenoxy) is 1. The van der Waals surface area contributed by atoms with Crippen molar-refractivity contribution in [1.82, 2.24) is 14.7 Å². The second-order valence-electron chi connectivity index (χ2n) is 7.89. The summed E-state index contributed by atoms with van der Waals surface area (Å²) in [6.07, 6.45) is 2.83. The molecule has 1 atom stereocenters. The van der Waals surface area contributed by atoms with Gasteiger partial charge in [-0.25, -0.2) is 0 Å². The van der Waals surface area contributed by atoms with Crippen LogP contribution in [0.3, 0.4) is 0 Å². The van der Waals surface area contributed by atoms with Crippen molar-refractivity contribution in [3.8, 4) is 5.75 Å². The SMILES string of the molecule is CN1C[C@H](N2CCc3cn(Cc4ccccc4)nc3C2=O)COc2cc(Br)ccc21. The molecule has 0 aliphatic carbocycles. The number of halogens is 1. The summed E-state index contributed by atoms with van der Waals surface area (Å²) in [5, 5.41) is 4.63. The summed E-state index contributed by atoms with van der Waals surface area (Å²) >= 11 is 3.51. The van der Waals surface area contributed by atoms with E-state index in [9.17, 15) is 4.79 Å². The summed E-state index contributed by atoms with van der Waals surface area (Å²) in [4.78, 5) is 17.4. The quantitative estimate of drug-likeness (QED) is 0.591. The standard InChI is InChI=1S/C23H23BrN4O2/c1-26-14-19(15-30-21-11-18(24)7-8-20(21)26)28-10-9-17-13-27(25-22(17)23(28)29)12-16-5-3-2-4-6-16/h2-8,11,13,19H,9-10,12,14-15H2,1H3/t19-/m0/s1. The Bertz CT molecular complexity index is 1080. The van der Waals surface area contributed by atoms with E-state index in [-0.39, 0.29) is 11.9 Å². The van der Waals surface area contributed by atoms with Crippen molar-refractivity contribution in [2.45, 2.75) is 19.0 Å². The lowest BCUT2D eigenvalue weighted by molar-refractivity contribution is 0.0604. The molecule has 0 spiro atoms. The van der Waals surface area contributed by atoms with Crippen LogP contribution in [0.5, 0.6) is 5.75 Å². The molecule has 0 radical (unpaired) electrons. The summed E-state index contributed by atoms with van der Waals surface area (Å²) in [6.45, 7) is 2.55. The Kier molecular flexibility index (Phi) is 4.98. The largest absolute Gasteiger partial charge is 0.489 e. The predicted octanol–water partition coefficient (Wildman–Crippen LogP) is 3.59. The molecule has 2 aromatic carbocycles. The second-order valence-corrected chi connectivity index (χ2v) is 8.81. The highest BCUT2D eigenvalue weighted by Crippen LogP contribution is 2.34. The topological polar surface area (TPSA) is 50.6 Å². The number of rotatable bonds is 3. The third-order valence-electron chi connectivity index (χ3n) is 5.80. The van der Waals surface area contributed by atoms with Gasteiger partial charge in [-0.2, -0.15) is 5.10 Å². The maximum absolute atomic E-state index is 13.3. The summed E-state index contributed by atoms with van der Waals surface area (Å²) in [5.41, 5.74) is 3.81. The van der Waals surface area contributed by atoms with Crippen LogP contribution in [0.4, 0.5) is 5.69 Å². The smallest absolute Gasteiger partial charge is 0.275 e. The van der Waals surface area contributed by atoms with E-state index in [2.05, 4.69) is 38.1 Å². The van der Waals surface area contributed by atoms with Gasteiger partial charge in [0.05, 0.1) is 18.3 Å².